The maximum Gasteiger partial charge on any atom is 0.307 e. The number of hydrogen-bond acceptors (Lipinski definition) is 6. The number of benzene rings is 2. The summed E-state index contributed by atoms with van der Waals surface area (Å²) >= 11 is 0. The fourth-order valence-electron chi connectivity index (χ4n) is 3.85. The lowest BCUT2D eigenvalue weighted by atomic mass is 9.90. The van der Waals surface area contributed by atoms with E-state index >= 15 is 0 Å². The van der Waals surface area contributed by atoms with Gasteiger partial charge in [0.05, 0.1) is 39.5 Å². The molecular formula is C23H26F2N2O5. The van der Waals surface area contributed by atoms with Gasteiger partial charge in [0.1, 0.15) is 11.6 Å². The topological polar surface area (TPSA) is 77.1 Å². The van der Waals surface area contributed by atoms with Crippen LogP contribution in [-0.4, -0.2) is 50.7 Å². The molecule has 9 heteroatoms. The van der Waals surface area contributed by atoms with Crippen molar-refractivity contribution in [3.63, 3.8) is 0 Å². The van der Waals surface area contributed by atoms with E-state index in [9.17, 15) is 18.4 Å². The molecule has 0 aliphatic carbocycles. The highest BCUT2D eigenvalue weighted by atomic mass is 19.1. The molecule has 1 heterocycles. The molecule has 0 saturated heterocycles. The predicted octanol–water partition coefficient (Wildman–Crippen LogP) is 3.47. The number of nitrogens with one attached hydrogen (secondary N) is 1. The molecule has 3 rings (SSSR count). The van der Waals surface area contributed by atoms with Gasteiger partial charge in [0, 0.05) is 18.7 Å². The van der Waals surface area contributed by atoms with Gasteiger partial charge in [-0.3, -0.25) is 14.5 Å². The number of ether oxygens (including phenoxy) is 3. The lowest BCUT2D eigenvalue weighted by molar-refractivity contribution is -0.145. The molecule has 32 heavy (non-hydrogen) atoms. The number of halogens is 2. The Kier molecular flexibility index (Phi) is 7.63. The van der Waals surface area contributed by atoms with Crippen LogP contribution >= 0.6 is 0 Å². The number of nitrogens with zero attached hydrogens (tertiary/aromatic N) is 1. The van der Waals surface area contributed by atoms with Crippen molar-refractivity contribution in [3.8, 4) is 11.5 Å². The first kappa shape index (κ1) is 23.5. The smallest absolute Gasteiger partial charge is 0.307 e. The third-order valence-electron chi connectivity index (χ3n) is 5.33. The maximum absolute atomic E-state index is 13.9. The number of esters is 1. The van der Waals surface area contributed by atoms with E-state index in [0.717, 1.165) is 17.2 Å². The Hall–Kier alpha value is -3.20. The van der Waals surface area contributed by atoms with Crippen LogP contribution in [0.3, 0.4) is 0 Å². The van der Waals surface area contributed by atoms with E-state index in [0.29, 0.717) is 30.5 Å². The molecule has 1 aliphatic heterocycles. The summed E-state index contributed by atoms with van der Waals surface area (Å²) < 4.78 is 43.0. The van der Waals surface area contributed by atoms with E-state index < -0.39 is 29.6 Å². The Morgan fingerprint density at radius 2 is 1.84 bits per heavy atom. The minimum atomic E-state index is -0.859. The second-order valence-electron chi connectivity index (χ2n) is 7.32. The summed E-state index contributed by atoms with van der Waals surface area (Å²) in [5, 5.41) is 2.47. The first-order valence-corrected chi connectivity index (χ1v) is 10.3. The van der Waals surface area contributed by atoms with E-state index in [1.807, 2.05) is 17.0 Å². The predicted molar refractivity (Wildman–Crippen MR) is 114 cm³/mol. The Bertz CT molecular complexity index is 999. The second-order valence-corrected chi connectivity index (χ2v) is 7.32. The summed E-state index contributed by atoms with van der Waals surface area (Å²) in [4.78, 5) is 26.8. The van der Waals surface area contributed by atoms with Crippen LogP contribution in [0.15, 0.2) is 30.3 Å². The fourth-order valence-corrected chi connectivity index (χ4v) is 3.85. The van der Waals surface area contributed by atoms with Gasteiger partial charge in [-0.05, 0) is 48.7 Å². The largest absolute Gasteiger partial charge is 0.493 e. The molecule has 0 spiro atoms. The highest BCUT2D eigenvalue weighted by Crippen LogP contribution is 2.39. The van der Waals surface area contributed by atoms with Crippen molar-refractivity contribution in [3.05, 3.63) is 53.1 Å². The normalized spacial score (nSPS) is 15.6. The van der Waals surface area contributed by atoms with Crippen LogP contribution in [0.1, 0.15) is 30.5 Å². The molecule has 0 radical (unpaired) electrons. The first-order valence-electron chi connectivity index (χ1n) is 10.3. The lowest BCUT2D eigenvalue weighted by Gasteiger charge is -2.37. The average Bonchev–Trinajstić information content (AvgIpc) is 2.76. The van der Waals surface area contributed by atoms with E-state index in [-0.39, 0.29) is 25.3 Å². The Labute approximate surface area is 185 Å². The van der Waals surface area contributed by atoms with Gasteiger partial charge in [0.25, 0.3) is 0 Å². The Morgan fingerprint density at radius 3 is 2.50 bits per heavy atom. The molecule has 1 amide bonds. The zero-order chi connectivity index (χ0) is 23.3. The van der Waals surface area contributed by atoms with Gasteiger partial charge in [-0.2, -0.15) is 0 Å². The van der Waals surface area contributed by atoms with Crippen LogP contribution in [0.4, 0.5) is 14.5 Å². The average molecular weight is 448 g/mol. The Balaban J connectivity index is 1.85. The van der Waals surface area contributed by atoms with Crippen LogP contribution in [0.5, 0.6) is 11.5 Å². The number of carbonyl (C=O) groups excluding carboxylic acids is 2. The van der Waals surface area contributed by atoms with Crippen molar-refractivity contribution in [2.24, 2.45) is 0 Å². The van der Waals surface area contributed by atoms with E-state index in [1.165, 1.54) is 13.2 Å². The van der Waals surface area contributed by atoms with Crippen LogP contribution in [0.2, 0.25) is 0 Å². The molecule has 0 aromatic heterocycles. The molecule has 0 fully saturated rings. The van der Waals surface area contributed by atoms with Gasteiger partial charge in [0.15, 0.2) is 11.5 Å². The van der Waals surface area contributed by atoms with Gasteiger partial charge < -0.3 is 19.5 Å². The van der Waals surface area contributed by atoms with Crippen molar-refractivity contribution in [1.29, 1.82) is 0 Å². The van der Waals surface area contributed by atoms with Crippen molar-refractivity contribution in [1.82, 2.24) is 4.90 Å². The molecule has 1 aliphatic rings. The molecule has 1 N–H and O–H groups in total. The third-order valence-corrected chi connectivity index (χ3v) is 5.33. The minimum Gasteiger partial charge on any atom is -0.493 e. The van der Waals surface area contributed by atoms with Gasteiger partial charge in [-0.15, -0.1) is 0 Å². The molecule has 0 saturated carbocycles. The summed E-state index contributed by atoms with van der Waals surface area (Å²) in [6.45, 7) is 2.37. The second kappa shape index (κ2) is 10.4. The van der Waals surface area contributed by atoms with Crippen LogP contribution in [-0.2, 0) is 20.7 Å². The number of rotatable bonds is 8. The number of carbonyl (C=O) groups is 2. The van der Waals surface area contributed by atoms with Crippen LogP contribution in [0, 0.1) is 11.6 Å². The number of amides is 1. The van der Waals surface area contributed by atoms with Crippen molar-refractivity contribution in [2.45, 2.75) is 25.8 Å². The zero-order valence-corrected chi connectivity index (χ0v) is 18.2. The summed E-state index contributed by atoms with van der Waals surface area (Å²) in [7, 11) is 3.07. The number of methoxy groups -OCH3 is 2. The summed E-state index contributed by atoms with van der Waals surface area (Å²) in [5.74, 6) is -1.36. The van der Waals surface area contributed by atoms with Crippen molar-refractivity contribution in [2.75, 3.05) is 39.2 Å². The van der Waals surface area contributed by atoms with Gasteiger partial charge >= 0.3 is 5.97 Å². The van der Waals surface area contributed by atoms with Crippen molar-refractivity contribution >= 4 is 17.6 Å². The molecule has 2 aromatic rings. The minimum absolute atomic E-state index is 0.0362. The monoisotopic (exact) mass is 448 g/mol. The number of anilines is 1. The SMILES string of the molecule is CCOC(=O)C[C@H]1c2cc(OC)c(OC)cc2CCN1CC(=O)Nc1ccc(F)cc1F. The summed E-state index contributed by atoms with van der Waals surface area (Å²) in [6.07, 6.45) is 0.654. The molecule has 7 nitrogen and oxygen atoms in total. The maximum atomic E-state index is 13.9. The molecule has 2 aromatic carbocycles. The summed E-state index contributed by atoms with van der Waals surface area (Å²) in [6, 6.07) is 6.18. The van der Waals surface area contributed by atoms with Crippen molar-refractivity contribution < 1.29 is 32.6 Å². The van der Waals surface area contributed by atoms with Gasteiger partial charge in [-0.1, -0.05) is 0 Å². The quantitative estimate of drug-likeness (QED) is 0.624. The van der Waals surface area contributed by atoms with E-state index in [1.54, 1.807) is 14.0 Å². The van der Waals surface area contributed by atoms with E-state index in [4.69, 9.17) is 14.2 Å². The highest BCUT2D eigenvalue weighted by Gasteiger charge is 2.32. The highest BCUT2D eigenvalue weighted by molar-refractivity contribution is 5.92. The van der Waals surface area contributed by atoms with Gasteiger partial charge in [-0.25, -0.2) is 8.78 Å². The van der Waals surface area contributed by atoms with Gasteiger partial charge in [0.2, 0.25) is 5.91 Å². The van der Waals surface area contributed by atoms with E-state index in [2.05, 4.69) is 5.32 Å². The first-order chi connectivity index (χ1) is 15.4. The zero-order valence-electron chi connectivity index (χ0n) is 18.2. The Morgan fingerprint density at radius 1 is 1.12 bits per heavy atom. The van der Waals surface area contributed by atoms with Crippen LogP contribution in [0.25, 0.3) is 0 Å². The molecular weight excluding hydrogens is 422 g/mol. The molecule has 1 atom stereocenters. The van der Waals surface area contributed by atoms with Crippen LogP contribution < -0.4 is 14.8 Å². The molecule has 0 unspecified atom stereocenters. The standard InChI is InChI=1S/C23H26F2N2O5/c1-4-32-23(29)12-19-16-11-21(31-3)20(30-2)9-14(16)7-8-27(19)13-22(28)26-18-6-5-15(24)10-17(18)25/h5-6,9-11,19H,4,7-8,12-13H2,1-3H3,(H,26,28)/t19-/m0/s1. The fraction of sp³-hybridized carbons (Fsp3) is 0.391. The lowest BCUT2D eigenvalue weighted by Crippen LogP contribution is -2.41. The number of fused-ring (bicyclic) bond motifs is 1. The third kappa shape index (κ3) is 5.34. The number of hydrogen-bond donors (Lipinski definition) is 1. The molecule has 172 valence electrons. The molecule has 0 bridgehead atoms. The summed E-state index contributed by atoms with van der Waals surface area (Å²) in [5.41, 5.74) is 1.71.